The lowest BCUT2D eigenvalue weighted by atomic mass is 10.1. The Hall–Kier alpha value is -4.47. The largest absolute Gasteiger partial charge is 0.497 e. The highest BCUT2D eigenvalue weighted by Gasteiger charge is 2.17. The lowest BCUT2D eigenvalue weighted by Gasteiger charge is -2.22. The molecule has 0 aliphatic heterocycles. The van der Waals surface area contributed by atoms with E-state index in [-0.39, 0.29) is 11.9 Å². The highest BCUT2D eigenvalue weighted by molar-refractivity contribution is 5.86. The first-order valence-corrected chi connectivity index (χ1v) is 9.59. The summed E-state index contributed by atoms with van der Waals surface area (Å²) in [5, 5.41) is 10.1. The number of rotatable bonds is 7. The second-order valence-electron chi connectivity index (χ2n) is 6.62. The van der Waals surface area contributed by atoms with Gasteiger partial charge in [0.15, 0.2) is 5.75 Å². The summed E-state index contributed by atoms with van der Waals surface area (Å²) < 4.78 is 10.5. The third-order valence-corrected chi connectivity index (χ3v) is 4.46. The van der Waals surface area contributed by atoms with Crippen molar-refractivity contribution < 1.29 is 19.1 Å². The van der Waals surface area contributed by atoms with Crippen molar-refractivity contribution >= 4 is 22.8 Å². The molecule has 1 amide bonds. The third kappa shape index (κ3) is 4.48. The number of fused-ring (bicyclic) bond motifs is 1. The number of nitrogens with zero attached hydrogens (tertiary/aromatic N) is 5. The Kier molecular flexibility index (Phi) is 5.93. The smallest absolute Gasteiger partial charge is 0.301 e. The highest BCUT2D eigenvalue weighted by atomic mass is 16.7. The lowest BCUT2D eigenvalue weighted by molar-refractivity contribution is -0.120. The monoisotopic (exact) mass is 432 g/mol. The van der Waals surface area contributed by atoms with Crippen LogP contribution in [0.25, 0.3) is 22.2 Å². The Labute approximate surface area is 183 Å². The molecule has 0 saturated heterocycles. The maximum atomic E-state index is 11.8. The number of hydrogen-bond acceptors (Lipinski definition) is 9. The number of methoxy groups -OCH3 is 2. The molecule has 1 N–H and O–H groups in total. The molecule has 0 aliphatic rings. The van der Waals surface area contributed by atoms with E-state index in [0.717, 1.165) is 10.7 Å². The van der Waals surface area contributed by atoms with Gasteiger partial charge in [-0.3, -0.25) is 9.78 Å². The standard InChI is InChI=1S/C22H20N6O4/c1-14(29)27-28(32-21-9-10-23-19-12-17(31-3)7-8-18(19)21)22-24-13-20(25-26-22)15-5-4-6-16(11-15)30-2/h4-13H,1-3H3,(H,27,29). The minimum Gasteiger partial charge on any atom is -0.497 e. The average Bonchev–Trinajstić information content (AvgIpc) is 2.83. The number of aromatic nitrogens is 4. The van der Waals surface area contributed by atoms with Crippen molar-refractivity contribution in [1.29, 1.82) is 0 Å². The second kappa shape index (κ2) is 9.13. The van der Waals surface area contributed by atoms with Crippen LogP contribution in [-0.2, 0) is 4.79 Å². The lowest BCUT2D eigenvalue weighted by Crippen LogP contribution is -2.45. The first-order chi connectivity index (χ1) is 15.6. The average molecular weight is 432 g/mol. The molecular formula is C22H20N6O4. The highest BCUT2D eigenvalue weighted by Crippen LogP contribution is 2.28. The SMILES string of the molecule is COc1cccc(-c2cnc(N(NC(C)=O)Oc3ccnc4cc(OC)ccc34)nn2)c1. The van der Waals surface area contributed by atoms with Gasteiger partial charge in [0, 0.05) is 36.2 Å². The van der Waals surface area contributed by atoms with Gasteiger partial charge in [-0.05, 0) is 24.3 Å². The van der Waals surface area contributed by atoms with E-state index in [1.165, 1.54) is 13.1 Å². The van der Waals surface area contributed by atoms with Crippen molar-refractivity contribution in [2.75, 3.05) is 19.4 Å². The van der Waals surface area contributed by atoms with Crippen molar-refractivity contribution in [2.24, 2.45) is 0 Å². The van der Waals surface area contributed by atoms with E-state index in [2.05, 4.69) is 25.6 Å². The quantitative estimate of drug-likeness (QED) is 0.441. The number of amides is 1. The van der Waals surface area contributed by atoms with Gasteiger partial charge in [0.05, 0.1) is 25.9 Å². The summed E-state index contributed by atoms with van der Waals surface area (Å²) >= 11 is 0. The molecule has 0 fully saturated rings. The molecule has 0 spiro atoms. The summed E-state index contributed by atoms with van der Waals surface area (Å²) in [5.74, 6) is 1.47. The predicted octanol–water partition coefficient (Wildman–Crippen LogP) is 2.96. The molecule has 162 valence electrons. The molecule has 2 heterocycles. The molecule has 0 radical (unpaired) electrons. The number of anilines is 1. The van der Waals surface area contributed by atoms with Gasteiger partial charge >= 0.3 is 5.95 Å². The summed E-state index contributed by atoms with van der Waals surface area (Å²) in [6, 6.07) is 14.4. The summed E-state index contributed by atoms with van der Waals surface area (Å²) in [7, 11) is 3.17. The Morgan fingerprint density at radius 3 is 2.50 bits per heavy atom. The van der Waals surface area contributed by atoms with Crippen LogP contribution in [-0.4, -0.2) is 40.3 Å². The van der Waals surface area contributed by atoms with Crippen LogP contribution in [0.3, 0.4) is 0 Å². The number of nitrogens with one attached hydrogen (secondary N) is 1. The molecule has 4 rings (SSSR count). The van der Waals surface area contributed by atoms with Crippen molar-refractivity contribution in [2.45, 2.75) is 6.92 Å². The number of ether oxygens (including phenoxy) is 2. The van der Waals surface area contributed by atoms with Crippen LogP contribution in [0.1, 0.15) is 6.92 Å². The molecule has 0 aliphatic carbocycles. The number of hydrogen-bond donors (Lipinski definition) is 1. The number of hydrazine groups is 1. The molecule has 10 nitrogen and oxygen atoms in total. The molecule has 4 aromatic rings. The van der Waals surface area contributed by atoms with Gasteiger partial charge in [0.25, 0.3) is 0 Å². The van der Waals surface area contributed by atoms with Crippen LogP contribution in [0.5, 0.6) is 17.2 Å². The van der Waals surface area contributed by atoms with Gasteiger partial charge in [0.1, 0.15) is 17.2 Å². The molecule has 0 atom stereocenters. The Balaban J connectivity index is 1.64. The Bertz CT molecular complexity index is 1250. The van der Waals surface area contributed by atoms with Crippen molar-refractivity contribution in [3.05, 3.63) is 60.9 Å². The van der Waals surface area contributed by atoms with Gasteiger partial charge in [-0.2, -0.15) is 0 Å². The van der Waals surface area contributed by atoms with E-state index >= 15 is 0 Å². The minimum atomic E-state index is -0.370. The predicted molar refractivity (Wildman–Crippen MR) is 117 cm³/mol. The zero-order valence-corrected chi connectivity index (χ0v) is 17.6. The van der Waals surface area contributed by atoms with Gasteiger partial charge in [-0.1, -0.05) is 17.3 Å². The van der Waals surface area contributed by atoms with Crippen LogP contribution in [0.4, 0.5) is 5.95 Å². The fourth-order valence-corrected chi connectivity index (χ4v) is 2.94. The minimum absolute atomic E-state index is 0.0466. The first-order valence-electron chi connectivity index (χ1n) is 9.59. The van der Waals surface area contributed by atoms with Gasteiger partial charge in [-0.25, -0.2) is 10.4 Å². The van der Waals surface area contributed by atoms with Crippen molar-refractivity contribution in [1.82, 2.24) is 25.6 Å². The molecule has 32 heavy (non-hydrogen) atoms. The molecular weight excluding hydrogens is 412 g/mol. The topological polar surface area (TPSA) is 112 Å². The van der Waals surface area contributed by atoms with Crippen LogP contribution in [0, 0.1) is 0 Å². The van der Waals surface area contributed by atoms with Crippen LogP contribution < -0.4 is 24.9 Å². The molecule has 0 saturated carbocycles. The number of carbonyl (C=O) groups is 1. The summed E-state index contributed by atoms with van der Waals surface area (Å²) in [4.78, 5) is 26.3. The maximum absolute atomic E-state index is 11.8. The van der Waals surface area contributed by atoms with Gasteiger partial charge in [-0.15, -0.1) is 10.2 Å². The van der Waals surface area contributed by atoms with E-state index in [1.807, 2.05) is 30.3 Å². The van der Waals surface area contributed by atoms with Gasteiger partial charge < -0.3 is 14.3 Å². The molecule has 2 aromatic carbocycles. The molecule has 2 aromatic heterocycles. The van der Waals surface area contributed by atoms with E-state index in [4.69, 9.17) is 14.3 Å². The fraction of sp³-hybridized carbons (Fsp3) is 0.136. The van der Waals surface area contributed by atoms with E-state index in [0.29, 0.717) is 33.8 Å². The van der Waals surface area contributed by atoms with Crippen LogP contribution in [0.15, 0.2) is 60.9 Å². The van der Waals surface area contributed by atoms with Crippen LogP contribution in [0.2, 0.25) is 0 Å². The Morgan fingerprint density at radius 2 is 1.78 bits per heavy atom. The Morgan fingerprint density at radius 1 is 0.969 bits per heavy atom. The van der Waals surface area contributed by atoms with E-state index < -0.39 is 0 Å². The van der Waals surface area contributed by atoms with Crippen LogP contribution >= 0.6 is 0 Å². The van der Waals surface area contributed by atoms with E-state index in [9.17, 15) is 4.79 Å². The van der Waals surface area contributed by atoms with Gasteiger partial charge in [0.2, 0.25) is 5.91 Å². The number of pyridine rings is 1. The molecule has 10 heteroatoms. The van der Waals surface area contributed by atoms with E-state index in [1.54, 1.807) is 38.6 Å². The summed E-state index contributed by atoms with van der Waals surface area (Å²) in [5.41, 5.74) is 4.54. The third-order valence-electron chi connectivity index (χ3n) is 4.46. The van der Waals surface area contributed by atoms with Crippen molar-refractivity contribution in [3.63, 3.8) is 0 Å². The number of benzene rings is 2. The normalized spacial score (nSPS) is 10.5. The maximum Gasteiger partial charge on any atom is 0.301 e. The number of carbonyl (C=O) groups excluding carboxylic acids is 1. The zero-order valence-electron chi connectivity index (χ0n) is 17.6. The zero-order chi connectivity index (χ0) is 22.5. The second-order valence-corrected chi connectivity index (χ2v) is 6.62. The fourth-order valence-electron chi connectivity index (χ4n) is 2.94. The molecule has 0 bridgehead atoms. The summed E-state index contributed by atoms with van der Waals surface area (Å²) in [6.45, 7) is 1.35. The summed E-state index contributed by atoms with van der Waals surface area (Å²) in [6.07, 6.45) is 3.12. The molecule has 0 unspecified atom stereocenters. The van der Waals surface area contributed by atoms with Crippen molar-refractivity contribution in [3.8, 4) is 28.5 Å². The first kappa shape index (κ1) is 20.8.